The highest BCUT2D eigenvalue weighted by Crippen LogP contribution is 2.33. The number of rotatable bonds is 6. The first-order valence-corrected chi connectivity index (χ1v) is 8.61. The predicted molar refractivity (Wildman–Crippen MR) is 101 cm³/mol. The van der Waals surface area contributed by atoms with Crippen LogP contribution in [0.15, 0.2) is 46.4 Å². The lowest BCUT2D eigenvalue weighted by Crippen LogP contribution is -2.02. The molecule has 0 aliphatic rings. The summed E-state index contributed by atoms with van der Waals surface area (Å²) in [6, 6.07) is 12.3. The molecule has 0 saturated carbocycles. The molecule has 0 aliphatic heterocycles. The Morgan fingerprint density at radius 2 is 2.00 bits per heavy atom. The van der Waals surface area contributed by atoms with Crippen LogP contribution in [0, 0.1) is 11.3 Å². The number of methoxy groups -OCH3 is 1. The lowest BCUT2D eigenvalue weighted by molar-refractivity contribution is 0.104. The molecule has 0 saturated heterocycles. The Balaban J connectivity index is 2.37. The summed E-state index contributed by atoms with van der Waals surface area (Å²) >= 11 is 3.32. The van der Waals surface area contributed by atoms with Crippen LogP contribution in [0.2, 0.25) is 0 Å². The molecule has 4 nitrogen and oxygen atoms in total. The molecule has 5 heteroatoms. The van der Waals surface area contributed by atoms with Gasteiger partial charge in [0.25, 0.3) is 0 Å². The van der Waals surface area contributed by atoms with Crippen molar-refractivity contribution in [1.29, 1.82) is 5.26 Å². The quantitative estimate of drug-likeness (QED) is 0.425. The number of hydrogen-bond acceptors (Lipinski definition) is 4. The summed E-state index contributed by atoms with van der Waals surface area (Å²) in [5.41, 5.74) is 2.21. The second-order valence-electron chi connectivity index (χ2n) is 5.49. The van der Waals surface area contributed by atoms with E-state index in [1.54, 1.807) is 18.2 Å². The Bertz CT molecular complexity index is 848. The summed E-state index contributed by atoms with van der Waals surface area (Å²) < 4.78 is 5.63. The number of carbonyl (C=O) groups is 1. The summed E-state index contributed by atoms with van der Waals surface area (Å²) in [5, 5.41) is 19.2. The van der Waals surface area contributed by atoms with Gasteiger partial charge in [0.1, 0.15) is 11.6 Å². The Morgan fingerprint density at radius 3 is 2.56 bits per heavy atom. The van der Waals surface area contributed by atoms with Crippen LogP contribution in [-0.2, 0) is 6.42 Å². The standard InChI is InChI=1S/C20H18BrNO3/c1-3-4-13-5-7-14(8-6-13)20(24)16(12-22)9-15-10-19(25-2)18(23)11-17(15)21/h5-11,23H,3-4H2,1-2H3/b16-9-. The van der Waals surface area contributed by atoms with Gasteiger partial charge in [0.2, 0.25) is 5.78 Å². The molecular weight excluding hydrogens is 382 g/mol. The number of Topliss-reactive ketones (excluding diaryl/α,β-unsaturated/α-hetero) is 1. The van der Waals surface area contributed by atoms with Crippen LogP contribution in [0.25, 0.3) is 6.08 Å². The van der Waals surface area contributed by atoms with Gasteiger partial charge in [-0.05, 0) is 35.8 Å². The molecule has 0 aromatic heterocycles. The van der Waals surface area contributed by atoms with E-state index in [0.29, 0.717) is 15.6 Å². The minimum atomic E-state index is -0.343. The van der Waals surface area contributed by atoms with Crippen molar-refractivity contribution >= 4 is 27.8 Å². The van der Waals surface area contributed by atoms with Gasteiger partial charge in [-0.1, -0.05) is 53.5 Å². The Labute approximate surface area is 155 Å². The van der Waals surface area contributed by atoms with Crippen molar-refractivity contribution in [2.75, 3.05) is 7.11 Å². The van der Waals surface area contributed by atoms with Crippen LogP contribution in [0.5, 0.6) is 11.5 Å². The van der Waals surface area contributed by atoms with E-state index in [1.165, 1.54) is 19.3 Å². The van der Waals surface area contributed by atoms with Crippen molar-refractivity contribution in [1.82, 2.24) is 0 Å². The van der Waals surface area contributed by atoms with E-state index < -0.39 is 0 Å². The first-order valence-electron chi connectivity index (χ1n) is 7.82. The summed E-state index contributed by atoms with van der Waals surface area (Å²) in [5.74, 6) is -0.101. The molecule has 25 heavy (non-hydrogen) atoms. The third-order valence-electron chi connectivity index (χ3n) is 3.72. The highest BCUT2D eigenvalue weighted by Gasteiger charge is 2.14. The van der Waals surface area contributed by atoms with Gasteiger partial charge in [-0.3, -0.25) is 4.79 Å². The normalized spacial score (nSPS) is 11.0. The zero-order valence-corrected chi connectivity index (χ0v) is 15.6. The average molecular weight is 400 g/mol. The number of ketones is 1. The highest BCUT2D eigenvalue weighted by atomic mass is 79.9. The largest absolute Gasteiger partial charge is 0.504 e. The highest BCUT2D eigenvalue weighted by molar-refractivity contribution is 9.10. The first-order chi connectivity index (χ1) is 12.0. The van der Waals surface area contributed by atoms with Gasteiger partial charge >= 0.3 is 0 Å². The van der Waals surface area contributed by atoms with E-state index in [-0.39, 0.29) is 22.9 Å². The van der Waals surface area contributed by atoms with Gasteiger partial charge in [-0.25, -0.2) is 0 Å². The predicted octanol–water partition coefficient (Wildman–Crippen LogP) is 4.91. The number of ether oxygens (including phenoxy) is 1. The van der Waals surface area contributed by atoms with E-state index in [0.717, 1.165) is 18.4 Å². The molecule has 0 unspecified atom stereocenters. The van der Waals surface area contributed by atoms with Crippen molar-refractivity contribution in [3.63, 3.8) is 0 Å². The number of hydrogen-bond donors (Lipinski definition) is 1. The lowest BCUT2D eigenvalue weighted by Gasteiger charge is -2.07. The monoisotopic (exact) mass is 399 g/mol. The number of benzene rings is 2. The fourth-order valence-electron chi connectivity index (χ4n) is 2.40. The van der Waals surface area contributed by atoms with Crippen molar-refractivity contribution in [3.8, 4) is 17.6 Å². The van der Waals surface area contributed by atoms with E-state index in [1.807, 2.05) is 18.2 Å². The van der Waals surface area contributed by atoms with Crippen LogP contribution in [0.4, 0.5) is 0 Å². The van der Waals surface area contributed by atoms with E-state index in [9.17, 15) is 15.2 Å². The Kier molecular flexibility index (Phi) is 6.37. The molecular formula is C20H18BrNO3. The smallest absolute Gasteiger partial charge is 0.203 e. The molecule has 0 bridgehead atoms. The van der Waals surface area contributed by atoms with Crippen LogP contribution in [-0.4, -0.2) is 18.0 Å². The number of allylic oxidation sites excluding steroid dienone is 1. The molecule has 2 aromatic carbocycles. The van der Waals surface area contributed by atoms with Gasteiger partial charge in [0, 0.05) is 10.0 Å². The lowest BCUT2D eigenvalue weighted by atomic mass is 9.99. The van der Waals surface area contributed by atoms with Gasteiger partial charge < -0.3 is 9.84 Å². The third kappa shape index (κ3) is 4.49. The summed E-state index contributed by atoms with van der Waals surface area (Å²) in [4.78, 5) is 12.6. The molecule has 0 heterocycles. The van der Waals surface area contributed by atoms with Crippen LogP contribution in [0.3, 0.4) is 0 Å². The number of nitriles is 1. The topological polar surface area (TPSA) is 70.3 Å². The number of nitrogens with zero attached hydrogens (tertiary/aromatic N) is 1. The fourth-order valence-corrected chi connectivity index (χ4v) is 2.85. The maximum atomic E-state index is 12.6. The molecule has 2 aromatic rings. The summed E-state index contributed by atoms with van der Waals surface area (Å²) in [7, 11) is 1.44. The average Bonchev–Trinajstić information content (AvgIpc) is 2.61. The summed E-state index contributed by atoms with van der Waals surface area (Å²) in [6.07, 6.45) is 3.47. The first kappa shape index (κ1) is 18.8. The second kappa shape index (κ2) is 8.50. The molecule has 0 radical (unpaired) electrons. The van der Waals surface area contributed by atoms with Gasteiger partial charge in [-0.15, -0.1) is 0 Å². The number of halogens is 1. The minimum absolute atomic E-state index is 0.0108. The molecule has 0 spiro atoms. The van der Waals surface area contributed by atoms with E-state index in [4.69, 9.17) is 4.74 Å². The number of aryl methyl sites for hydroxylation is 1. The Hall–Kier alpha value is -2.58. The van der Waals surface area contributed by atoms with Crippen molar-refractivity contribution in [2.24, 2.45) is 0 Å². The fraction of sp³-hybridized carbons (Fsp3) is 0.200. The third-order valence-corrected chi connectivity index (χ3v) is 4.40. The molecule has 0 atom stereocenters. The van der Waals surface area contributed by atoms with Gasteiger partial charge in [0.05, 0.1) is 7.11 Å². The van der Waals surface area contributed by atoms with Crippen LogP contribution >= 0.6 is 15.9 Å². The zero-order chi connectivity index (χ0) is 18.4. The van der Waals surface area contributed by atoms with Gasteiger partial charge in [-0.2, -0.15) is 5.26 Å². The van der Waals surface area contributed by atoms with Crippen molar-refractivity contribution in [3.05, 3.63) is 63.1 Å². The SMILES string of the molecule is CCCc1ccc(C(=O)/C(C#N)=C\c2cc(OC)c(O)cc2Br)cc1. The summed E-state index contributed by atoms with van der Waals surface area (Å²) in [6.45, 7) is 2.10. The number of phenolic OH excluding ortho intramolecular Hbond substituents is 1. The second-order valence-corrected chi connectivity index (χ2v) is 6.35. The maximum absolute atomic E-state index is 12.6. The maximum Gasteiger partial charge on any atom is 0.203 e. The molecule has 1 N–H and O–H groups in total. The van der Waals surface area contributed by atoms with Crippen molar-refractivity contribution in [2.45, 2.75) is 19.8 Å². The molecule has 0 fully saturated rings. The van der Waals surface area contributed by atoms with E-state index in [2.05, 4.69) is 22.9 Å². The minimum Gasteiger partial charge on any atom is -0.504 e. The molecule has 128 valence electrons. The number of aromatic hydroxyl groups is 1. The number of carbonyl (C=O) groups excluding carboxylic acids is 1. The van der Waals surface area contributed by atoms with Crippen LogP contribution in [0.1, 0.15) is 34.8 Å². The zero-order valence-electron chi connectivity index (χ0n) is 14.0. The van der Waals surface area contributed by atoms with Gasteiger partial charge in [0.15, 0.2) is 11.5 Å². The molecule has 0 aliphatic carbocycles. The number of phenols is 1. The van der Waals surface area contributed by atoms with Crippen molar-refractivity contribution < 1.29 is 14.6 Å². The molecule has 2 rings (SSSR count). The molecule has 0 amide bonds. The van der Waals surface area contributed by atoms with E-state index >= 15 is 0 Å². The van der Waals surface area contributed by atoms with Crippen LogP contribution < -0.4 is 4.74 Å². The Morgan fingerprint density at radius 1 is 1.32 bits per heavy atom.